The molecule has 0 aliphatic carbocycles. The van der Waals surface area contributed by atoms with Gasteiger partial charge in [0.15, 0.2) is 0 Å². The molecule has 2 fully saturated rings. The van der Waals surface area contributed by atoms with Crippen molar-refractivity contribution in [2.45, 2.75) is 26.3 Å². The molecule has 1 unspecified atom stereocenters. The van der Waals surface area contributed by atoms with Crippen molar-refractivity contribution in [1.82, 2.24) is 20.0 Å². The average Bonchev–Trinajstić information content (AvgIpc) is 3.01. The van der Waals surface area contributed by atoms with Crippen molar-refractivity contribution in [3.05, 3.63) is 0 Å². The largest absolute Gasteiger partial charge is 0.379 e. The van der Waals surface area contributed by atoms with Crippen LogP contribution in [0.25, 0.3) is 0 Å². The zero-order chi connectivity index (χ0) is 14.9. The monoisotopic (exact) mass is 298 g/mol. The maximum absolute atomic E-state index is 5.45. The highest BCUT2D eigenvalue weighted by Gasteiger charge is 2.28. The number of hydrogen-bond acceptors (Lipinski definition) is 5. The van der Waals surface area contributed by atoms with Gasteiger partial charge in [-0.2, -0.15) is 0 Å². The summed E-state index contributed by atoms with van der Waals surface area (Å²) in [5.41, 5.74) is 0. The molecule has 5 nitrogen and oxygen atoms in total. The average molecular weight is 298 g/mol. The first-order chi connectivity index (χ1) is 10.3. The molecule has 0 bridgehead atoms. The summed E-state index contributed by atoms with van der Waals surface area (Å²) in [6.45, 7) is 18.0. The van der Waals surface area contributed by atoms with Gasteiger partial charge in [-0.25, -0.2) is 0 Å². The van der Waals surface area contributed by atoms with E-state index < -0.39 is 0 Å². The van der Waals surface area contributed by atoms with Crippen LogP contribution in [0.1, 0.15) is 20.3 Å². The molecule has 5 heteroatoms. The topological polar surface area (TPSA) is 31.0 Å². The Hall–Kier alpha value is -0.200. The molecule has 2 saturated heterocycles. The molecule has 0 aromatic carbocycles. The summed E-state index contributed by atoms with van der Waals surface area (Å²) in [5, 5.41) is 3.59. The Morgan fingerprint density at radius 2 is 1.86 bits per heavy atom. The Kier molecular flexibility index (Phi) is 7.96. The highest BCUT2D eigenvalue weighted by atomic mass is 16.5. The molecule has 0 saturated carbocycles. The third-order valence-corrected chi connectivity index (χ3v) is 4.91. The minimum absolute atomic E-state index is 0.768. The second kappa shape index (κ2) is 9.74. The second-order valence-corrected chi connectivity index (χ2v) is 6.17. The van der Waals surface area contributed by atoms with Crippen molar-refractivity contribution in [1.29, 1.82) is 0 Å². The molecular weight excluding hydrogens is 264 g/mol. The fourth-order valence-electron chi connectivity index (χ4n) is 3.40. The zero-order valence-electron chi connectivity index (χ0n) is 14.0. The Morgan fingerprint density at radius 1 is 1.10 bits per heavy atom. The first-order valence-electron chi connectivity index (χ1n) is 8.80. The van der Waals surface area contributed by atoms with E-state index in [2.05, 4.69) is 33.9 Å². The van der Waals surface area contributed by atoms with Crippen LogP contribution in [0.2, 0.25) is 0 Å². The minimum Gasteiger partial charge on any atom is -0.379 e. The van der Waals surface area contributed by atoms with Gasteiger partial charge in [-0.1, -0.05) is 13.8 Å². The molecule has 2 aliphatic heterocycles. The van der Waals surface area contributed by atoms with E-state index in [0.29, 0.717) is 0 Å². The number of nitrogens with zero attached hydrogens (tertiary/aromatic N) is 3. The quantitative estimate of drug-likeness (QED) is 0.620. The number of ether oxygens (including phenoxy) is 1. The number of hydrogen-bond donors (Lipinski definition) is 1. The Balaban J connectivity index is 1.52. The van der Waals surface area contributed by atoms with Gasteiger partial charge in [0.05, 0.1) is 13.2 Å². The van der Waals surface area contributed by atoms with Crippen molar-refractivity contribution in [3.8, 4) is 0 Å². The van der Waals surface area contributed by atoms with E-state index in [1.165, 1.54) is 32.6 Å². The molecule has 0 spiro atoms. The summed E-state index contributed by atoms with van der Waals surface area (Å²) in [6.07, 6.45) is 1.33. The Labute approximate surface area is 130 Å². The predicted molar refractivity (Wildman–Crippen MR) is 87.9 cm³/mol. The van der Waals surface area contributed by atoms with Gasteiger partial charge >= 0.3 is 0 Å². The van der Waals surface area contributed by atoms with E-state index in [1.54, 1.807) is 0 Å². The predicted octanol–water partition coefficient (Wildman–Crippen LogP) is 0.324. The van der Waals surface area contributed by atoms with E-state index in [0.717, 1.165) is 58.5 Å². The van der Waals surface area contributed by atoms with Gasteiger partial charge in [-0.05, 0) is 26.1 Å². The van der Waals surface area contributed by atoms with Gasteiger partial charge in [-0.3, -0.25) is 4.90 Å². The van der Waals surface area contributed by atoms with E-state index in [1.807, 2.05) is 0 Å². The maximum Gasteiger partial charge on any atom is 0.0594 e. The summed E-state index contributed by atoms with van der Waals surface area (Å²) >= 11 is 0. The molecule has 0 amide bonds. The van der Waals surface area contributed by atoms with Gasteiger partial charge in [0, 0.05) is 51.9 Å². The van der Waals surface area contributed by atoms with Crippen molar-refractivity contribution in [2.24, 2.45) is 0 Å². The van der Waals surface area contributed by atoms with Crippen LogP contribution in [0.15, 0.2) is 0 Å². The summed E-state index contributed by atoms with van der Waals surface area (Å²) in [6, 6.07) is 0.768. The summed E-state index contributed by atoms with van der Waals surface area (Å²) in [4.78, 5) is 7.71. The highest BCUT2D eigenvalue weighted by molar-refractivity contribution is 4.84. The van der Waals surface area contributed by atoms with Crippen molar-refractivity contribution in [3.63, 3.8) is 0 Å². The first kappa shape index (κ1) is 17.2. The number of likely N-dealkylation sites (N-methyl/N-ethyl adjacent to an activating group) is 1. The van der Waals surface area contributed by atoms with E-state index in [9.17, 15) is 0 Å². The van der Waals surface area contributed by atoms with Crippen LogP contribution in [0.5, 0.6) is 0 Å². The van der Waals surface area contributed by atoms with E-state index in [4.69, 9.17) is 4.74 Å². The van der Waals surface area contributed by atoms with Crippen molar-refractivity contribution < 1.29 is 4.74 Å². The fraction of sp³-hybridized carbons (Fsp3) is 1.00. The Bertz CT molecular complexity index is 267. The van der Waals surface area contributed by atoms with Crippen LogP contribution in [-0.2, 0) is 4.74 Å². The van der Waals surface area contributed by atoms with Gasteiger partial charge in [-0.15, -0.1) is 0 Å². The van der Waals surface area contributed by atoms with Crippen LogP contribution in [0.4, 0.5) is 0 Å². The SMILES string of the molecule is CCN(CC)CCNCCN1CCC(N2CCOCC2)C1. The lowest BCUT2D eigenvalue weighted by molar-refractivity contribution is 0.0185. The van der Waals surface area contributed by atoms with Crippen molar-refractivity contribution >= 4 is 0 Å². The molecule has 0 aromatic rings. The van der Waals surface area contributed by atoms with Gasteiger partial charge < -0.3 is 19.9 Å². The smallest absolute Gasteiger partial charge is 0.0594 e. The molecule has 2 aliphatic rings. The second-order valence-electron chi connectivity index (χ2n) is 6.17. The lowest BCUT2D eigenvalue weighted by Crippen LogP contribution is -2.45. The fourth-order valence-corrected chi connectivity index (χ4v) is 3.40. The molecule has 1 atom stereocenters. The molecular formula is C16H34N4O. The summed E-state index contributed by atoms with van der Waals surface area (Å²) in [5.74, 6) is 0. The Morgan fingerprint density at radius 3 is 2.57 bits per heavy atom. The molecule has 1 N–H and O–H groups in total. The number of nitrogens with one attached hydrogen (secondary N) is 1. The van der Waals surface area contributed by atoms with E-state index >= 15 is 0 Å². The van der Waals surface area contributed by atoms with Gasteiger partial charge in [0.2, 0.25) is 0 Å². The highest BCUT2D eigenvalue weighted by Crippen LogP contribution is 2.16. The maximum atomic E-state index is 5.45. The molecule has 0 radical (unpaired) electrons. The lowest BCUT2D eigenvalue weighted by Gasteiger charge is -2.32. The van der Waals surface area contributed by atoms with Crippen LogP contribution in [0.3, 0.4) is 0 Å². The van der Waals surface area contributed by atoms with Crippen LogP contribution < -0.4 is 5.32 Å². The zero-order valence-corrected chi connectivity index (χ0v) is 14.0. The van der Waals surface area contributed by atoms with Gasteiger partial charge in [0.25, 0.3) is 0 Å². The molecule has 2 rings (SSSR count). The summed E-state index contributed by atoms with van der Waals surface area (Å²) in [7, 11) is 0. The number of likely N-dealkylation sites (tertiary alicyclic amines) is 1. The standard InChI is InChI=1S/C16H34N4O/c1-3-18(4-2)9-6-17-7-10-19-8-5-16(15-19)20-11-13-21-14-12-20/h16-17H,3-15H2,1-2H3. The molecule has 2 heterocycles. The normalized spacial score (nSPS) is 25.0. The number of rotatable bonds is 9. The first-order valence-corrected chi connectivity index (χ1v) is 8.80. The molecule has 124 valence electrons. The number of morpholine rings is 1. The minimum atomic E-state index is 0.768. The van der Waals surface area contributed by atoms with Crippen molar-refractivity contribution in [2.75, 3.05) is 78.7 Å². The summed E-state index contributed by atoms with van der Waals surface area (Å²) < 4.78 is 5.45. The third-order valence-electron chi connectivity index (χ3n) is 4.91. The molecule has 21 heavy (non-hydrogen) atoms. The molecule has 0 aromatic heterocycles. The van der Waals surface area contributed by atoms with Crippen LogP contribution in [0, 0.1) is 0 Å². The van der Waals surface area contributed by atoms with E-state index in [-0.39, 0.29) is 0 Å². The third kappa shape index (κ3) is 5.83. The van der Waals surface area contributed by atoms with Crippen LogP contribution in [-0.4, -0.2) is 99.4 Å². The van der Waals surface area contributed by atoms with Crippen LogP contribution >= 0.6 is 0 Å². The van der Waals surface area contributed by atoms with Gasteiger partial charge in [0.1, 0.15) is 0 Å². The lowest BCUT2D eigenvalue weighted by atomic mass is 10.2.